The van der Waals surface area contributed by atoms with Crippen LogP contribution in [0.2, 0.25) is 0 Å². The topological polar surface area (TPSA) is 70.2 Å². The van der Waals surface area contributed by atoms with Gasteiger partial charge in [-0.15, -0.1) is 0 Å². The molecule has 168 valence electrons. The first-order valence-electron chi connectivity index (χ1n) is 11.3. The van der Waals surface area contributed by atoms with Crippen molar-refractivity contribution in [2.45, 2.75) is 39.2 Å². The van der Waals surface area contributed by atoms with Crippen LogP contribution < -0.4 is 10.1 Å². The molecule has 0 radical (unpaired) electrons. The van der Waals surface area contributed by atoms with Crippen molar-refractivity contribution in [2.24, 2.45) is 5.92 Å². The predicted molar refractivity (Wildman–Crippen MR) is 128 cm³/mol. The van der Waals surface area contributed by atoms with Gasteiger partial charge in [-0.3, -0.25) is 14.8 Å². The Morgan fingerprint density at radius 2 is 2.00 bits per heavy atom. The summed E-state index contributed by atoms with van der Waals surface area (Å²) in [6.07, 6.45) is 1.95. The van der Waals surface area contributed by atoms with E-state index in [-0.39, 0.29) is 11.8 Å². The van der Waals surface area contributed by atoms with Gasteiger partial charge in [0.1, 0.15) is 5.75 Å². The van der Waals surface area contributed by atoms with Crippen molar-refractivity contribution < 1.29 is 9.53 Å². The summed E-state index contributed by atoms with van der Waals surface area (Å²) in [6, 6.07) is 18.1. The van der Waals surface area contributed by atoms with Crippen molar-refractivity contribution in [1.82, 2.24) is 15.1 Å². The van der Waals surface area contributed by atoms with E-state index in [0.29, 0.717) is 5.92 Å². The maximum Gasteiger partial charge on any atom is 0.228 e. The van der Waals surface area contributed by atoms with E-state index in [1.807, 2.05) is 42.5 Å². The quantitative estimate of drug-likeness (QED) is 0.548. The number of hydrogen-bond donors (Lipinski definition) is 2. The van der Waals surface area contributed by atoms with E-state index in [4.69, 9.17) is 4.74 Å². The van der Waals surface area contributed by atoms with Gasteiger partial charge in [0.25, 0.3) is 0 Å². The summed E-state index contributed by atoms with van der Waals surface area (Å²) in [6.45, 7) is 6.87. The van der Waals surface area contributed by atoms with E-state index >= 15 is 0 Å². The predicted octanol–water partition coefficient (Wildman–Crippen LogP) is 5.06. The van der Waals surface area contributed by atoms with Gasteiger partial charge in [0.15, 0.2) is 0 Å². The van der Waals surface area contributed by atoms with Crippen LogP contribution in [-0.4, -0.2) is 41.2 Å². The third-order valence-corrected chi connectivity index (χ3v) is 6.07. The van der Waals surface area contributed by atoms with Gasteiger partial charge >= 0.3 is 0 Å². The standard InChI is InChI=1S/C26H32N4O2/c1-18(2)25-15-23(28-29-25)17-30-13-5-7-21(16-30)26(31)27-22-11-9-19(10-12-22)20-6-4-8-24(14-20)32-3/h4,6,8-12,14-15,18,21H,5,7,13,16-17H2,1-3H3,(H,27,31)(H,28,29)/t21-/m1/s1. The maximum absolute atomic E-state index is 12.9. The number of anilines is 1. The molecule has 2 N–H and O–H groups in total. The molecule has 0 aliphatic carbocycles. The number of amides is 1. The fourth-order valence-electron chi connectivity index (χ4n) is 4.20. The zero-order chi connectivity index (χ0) is 22.5. The third-order valence-electron chi connectivity index (χ3n) is 6.07. The number of carbonyl (C=O) groups is 1. The number of H-pyrrole nitrogens is 1. The molecule has 0 unspecified atom stereocenters. The summed E-state index contributed by atoms with van der Waals surface area (Å²) in [7, 11) is 1.67. The van der Waals surface area contributed by atoms with E-state index in [0.717, 1.165) is 66.4 Å². The minimum atomic E-state index is -0.00528. The van der Waals surface area contributed by atoms with Crippen molar-refractivity contribution in [3.8, 4) is 16.9 Å². The molecule has 6 nitrogen and oxygen atoms in total. The summed E-state index contributed by atoms with van der Waals surface area (Å²) in [4.78, 5) is 15.3. The lowest BCUT2D eigenvalue weighted by atomic mass is 9.96. The fourth-order valence-corrected chi connectivity index (χ4v) is 4.20. The van der Waals surface area contributed by atoms with Crippen LogP contribution in [0.15, 0.2) is 54.6 Å². The number of nitrogens with zero attached hydrogens (tertiary/aromatic N) is 2. The molecule has 1 amide bonds. The minimum Gasteiger partial charge on any atom is -0.497 e. The first kappa shape index (κ1) is 22.1. The van der Waals surface area contributed by atoms with Gasteiger partial charge < -0.3 is 10.1 Å². The van der Waals surface area contributed by atoms with Gasteiger partial charge in [-0.1, -0.05) is 38.1 Å². The molecule has 1 fully saturated rings. The molecule has 1 aromatic heterocycles. The lowest BCUT2D eigenvalue weighted by Crippen LogP contribution is -2.40. The van der Waals surface area contributed by atoms with Crippen LogP contribution in [0.3, 0.4) is 0 Å². The zero-order valence-electron chi connectivity index (χ0n) is 19.1. The summed E-state index contributed by atoms with van der Waals surface area (Å²) < 4.78 is 5.31. The molecule has 1 aliphatic rings. The number of aromatic nitrogens is 2. The molecule has 0 bridgehead atoms. The number of aromatic amines is 1. The van der Waals surface area contributed by atoms with Gasteiger partial charge in [0.2, 0.25) is 5.91 Å². The lowest BCUT2D eigenvalue weighted by molar-refractivity contribution is -0.121. The molecule has 2 aromatic carbocycles. The van der Waals surface area contributed by atoms with Crippen LogP contribution in [-0.2, 0) is 11.3 Å². The Balaban J connectivity index is 1.34. The molecule has 0 spiro atoms. The van der Waals surface area contributed by atoms with Crippen LogP contribution >= 0.6 is 0 Å². The number of benzene rings is 2. The second-order valence-electron chi connectivity index (χ2n) is 8.85. The average Bonchev–Trinajstić information content (AvgIpc) is 3.28. The molecule has 0 saturated carbocycles. The summed E-state index contributed by atoms with van der Waals surface area (Å²) in [5.74, 6) is 1.33. The van der Waals surface area contributed by atoms with E-state index < -0.39 is 0 Å². The highest BCUT2D eigenvalue weighted by Crippen LogP contribution is 2.26. The highest BCUT2D eigenvalue weighted by molar-refractivity contribution is 5.93. The lowest BCUT2D eigenvalue weighted by Gasteiger charge is -2.31. The highest BCUT2D eigenvalue weighted by Gasteiger charge is 2.26. The molecule has 2 heterocycles. The Morgan fingerprint density at radius 1 is 1.19 bits per heavy atom. The SMILES string of the molecule is COc1cccc(-c2ccc(NC(=O)[C@@H]3CCCN(Cc4cc(C(C)C)n[nH]4)C3)cc2)c1. The second kappa shape index (κ2) is 10.0. The van der Waals surface area contributed by atoms with E-state index in [2.05, 4.69) is 46.4 Å². The minimum absolute atomic E-state index is 0.00528. The maximum atomic E-state index is 12.9. The number of hydrogen-bond acceptors (Lipinski definition) is 4. The first-order chi connectivity index (χ1) is 15.5. The summed E-state index contributed by atoms with van der Waals surface area (Å²) >= 11 is 0. The van der Waals surface area contributed by atoms with Gasteiger partial charge in [-0.05, 0) is 66.8 Å². The van der Waals surface area contributed by atoms with Crippen molar-refractivity contribution in [2.75, 3.05) is 25.5 Å². The molecule has 32 heavy (non-hydrogen) atoms. The summed E-state index contributed by atoms with van der Waals surface area (Å²) in [5, 5.41) is 10.6. The van der Waals surface area contributed by atoms with Crippen LogP contribution in [0.1, 0.15) is 44.0 Å². The van der Waals surface area contributed by atoms with Crippen LogP contribution in [0.25, 0.3) is 11.1 Å². The zero-order valence-corrected chi connectivity index (χ0v) is 19.1. The smallest absolute Gasteiger partial charge is 0.228 e. The first-order valence-corrected chi connectivity index (χ1v) is 11.3. The number of piperidine rings is 1. The molecule has 6 heteroatoms. The van der Waals surface area contributed by atoms with Crippen molar-refractivity contribution in [3.05, 3.63) is 66.0 Å². The third kappa shape index (κ3) is 5.37. The average molecular weight is 433 g/mol. The van der Waals surface area contributed by atoms with Crippen molar-refractivity contribution in [1.29, 1.82) is 0 Å². The van der Waals surface area contributed by atoms with Crippen LogP contribution in [0.4, 0.5) is 5.69 Å². The number of carbonyl (C=O) groups excluding carboxylic acids is 1. The Bertz CT molecular complexity index is 1040. The Morgan fingerprint density at radius 3 is 2.72 bits per heavy atom. The van der Waals surface area contributed by atoms with Gasteiger partial charge in [0.05, 0.1) is 18.7 Å². The Hall–Kier alpha value is -3.12. The van der Waals surface area contributed by atoms with Gasteiger partial charge in [0, 0.05) is 24.5 Å². The highest BCUT2D eigenvalue weighted by atomic mass is 16.5. The number of rotatable bonds is 7. The Labute approximate surface area is 190 Å². The molecular weight excluding hydrogens is 400 g/mol. The number of ether oxygens (including phenoxy) is 1. The number of likely N-dealkylation sites (tertiary alicyclic amines) is 1. The number of nitrogens with one attached hydrogen (secondary N) is 2. The van der Waals surface area contributed by atoms with Crippen LogP contribution in [0, 0.1) is 5.92 Å². The molecule has 1 atom stereocenters. The molecule has 3 aromatic rings. The largest absolute Gasteiger partial charge is 0.497 e. The van der Waals surface area contributed by atoms with Gasteiger partial charge in [-0.25, -0.2) is 0 Å². The molecular formula is C26H32N4O2. The van der Waals surface area contributed by atoms with E-state index in [9.17, 15) is 4.79 Å². The second-order valence-corrected chi connectivity index (χ2v) is 8.85. The monoisotopic (exact) mass is 432 g/mol. The number of methoxy groups -OCH3 is 1. The molecule has 4 rings (SSSR count). The molecule has 1 saturated heterocycles. The van der Waals surface area contributed by atoms with Crippen molar-refractivity contribution >= 4 is 11.6 Å². The summed E-state index contributed by atoms with van der Waals surface area (Å²) in [5.41, 5.74) is 5.20. The van der Waals surface area contributed by atoms with Crippen LogP contribution in [0.5, 0.6) is 5.75 Å². The van der Waals surface area contributed by atoms with Gasteiger partial charge in [-0.2, -0.15) is 5.10 Å². The van der Waals surface area contributed by atoms with E-state index in [1.165, 1.54) is 0 Å². The molecule has 1 aliphatic heterocycles. The van der Waals surface area contributed by atoms with Crippen molar-refractivity contribution in [3.63, 3.8) is 0 Å². The Kier molecular flexibility index (Phi) is 6.90. The normalized spacial score (nSPS) is 16.8. The fraction of sp³-hybridized carbons (Fsp3) is 0.385. The van der Waals surface area contributed by atoms with E-state index in [1.54, 1.807) is 7.11 Å².